The van der Waals surface area contributed by atoms with Crippen molar-refractivity contribution in [3.8, 4) is 0 Å². The van der Waals surface area contributed by atoms with Crippen molar-refractivity contribution in [2.45, 2.75) is 154 Å². The molecule has 0 aliphatic carbocycles. The lowest BCUT2D eigenvalue weighted by Gasteiger charge is -2.48. The molecule has 68 heavy (non-hydrogen) atoms. The fraction of sp³-hybridized carbons (Fsp3) is 0.711. The molecule has 3 fully saturated rings. The Balaban J connectivity index is 2.38. The highest BCUT2D eigenvalue weighted by molar-refractivity contribution is 6.76. The number of nitrogens with one attached hydrogen (secondary N) is 2. The maximum Gasteiger partial charge on any atom is 0.303 e. The van der Waals surface area contributed by atoms with Crippen LogP contribution in [0.5, 0.6) is 0 Å². The molecule has 24 nitrogen and oxygen atoms in total. The zero-order chi connectivity index (χ0) is 51.8. The van der Waals surface area contributed by atoms with Crippen molar-refractivity contribution < 1.29 is 100.0 Å². The number of hydrogen-bond acceptors (Lipinski definition) is 21. The van der Waals surface area contributed by atoms with E-state index >= 15 is 0 Å². The summed E-state index contributed by atoms with van der Waals surface area (Å²) in [6, 6.07) is -3.73. The van der Waals surface area contributed by atoms with Gasteiger partial charge in [0.25, 0.3) is 19.4 Å². The minimum Gasteiger partial charge on any atom is -0.463 e. The van der Waals surface area contributed by atoms with Gasteiger partial charge in [0.05, 0.1) is 0 Å². The van der Waals surface area contributed by atoms with Gasteiger partial charge in [0.2, 0.25) is 5.91 Å². The summed E-state index contributed by atoms with van der Waals surface area (Å²) in [4.78, 5) is 114. The summed E-state index contributed by atoms with van der Waals surface area (Å²) in [7, 11) is 0. The van der Waals surface area contributed by atoms with Crippen LogP contribution in [0.25, 0.3) is 0 Å². The van der Waals surface area contributed by atoms with Gasteiger partial charge in [0.1, 0.15) is 55.8 Å². The van der Waals surface area contributed by atoms with Crippen LogP contribution in [0, 0.1) is 0 Å². The number of rotatable bonds is 18. The topological polar surface area (TPSA) is 314 Å². The van der Waals surface area contributed by atoms with Crippen LogP contribution in [-0.4, -0.2) is 166 Å². The van der Waals surface area contributed by atoms with Crippen LogP contribution in [-0.2, 0) is 100.0 Å². The number of carbonyl (C=O) groups is 9. The molecule has 0 saturated carbocycles. The third kappa shape index (κ3) is 16.8. The lowest BCUT2D eigenvalue weighted by Crippen LogP contribution is -2.69. The van der Waals surface area contributed by atoms with Crippen molar-refractivity contribution in [2.75, 3.05) is 13.2 Å². The summed E-state index contributed by atoms with van der Waals surface area (Å²) in [5.74, 6) is -11.3. The van der Waals surface area contributed by atoms with E-state index in [1.165, 1.54) is 13.8 Å². The van der Waals surface area contributed by atoms with Crippen molar-refractivity contribution in [3.05, 3.63) is 12.7 Å². The number of carbonyl (C=O) groups excluding carboxylic acids is 9. The number of halogens is 6. The number of alkyl halides is 6. The van der Waals surface area contributed by atoms with Crippen molar-refractivity contribution in [1.29, 1.82) is 0 Å². The molecule has 3 saturated heterocycles. The number of primary amides is 1. The first-order chi connectivity index (χ1) is 31.3. The summed E-state index contributed by atoms with van der Waals surface area (Å²) in [6.45, 7) is 11.1. The number of nitrogens with two attached hydrogens (primary N) is 1. The minimum atomic E-state index is -2.73. The summed E-state index contributed by atoms with van der Waals surface area (Å²) < 4.78 is 64.2. The molecule has 3 amide bonds. The Bertz CT molecular complexity index is 1920. The van der Waals surface area contributed by atoms with Crippen LogP contribution in [0.15, 0.2) is 12.7 Å². The largest absolute Gasteiger partial charge is 0.463 e. The number of amides is 3. The Morgan fingerprint density at radius 1 is 0.618 bits per heavy atom. The molecule has 3 aliphatic heterocycles. The molecule has 384 valence electrons. The van der Waals surface area contributed by atoms with E-state index in [1.54, 1.807) is 0 Å². The predicted molar refractivity (Wildman–Crippen MR) is 230 cm³/mol. The van der Waals surface area contributed by atoms with E-state index < -0.39 is 166 Å². The van der Waals surface area contributed by atoms with E-state index in [4.69, 9.17) is 132 Å². The van der Waals surface area contributed by atoms with Crippen molar-refractivity contribution >= 4 is 123 Å². The van der Waals surface area contributed by atoms with Crippen LogP contribution in [0.2, 0.25) is 0 Å². The normalized spacial score (nSPS) is 30.0. The van der Waals surface area contributed by atoms with Crippen LogP contribution in [0.1, 0.15) is 55.4 Å². The molecule has 3 rings (SSSR count). The summed E-state index contributed by atoms with van der Waals surface area (Å²) in [5.41, 5.74) is 5.80. The monoisotopic (exact) mass is 1090 g/mol. The Kier molecular flexibility index (Phi) is 21.2. The van der Waals surface area contributed by atoms with E-state index in [0.717, 1.165) is 47.6 Å². The van der Waals surface area contributed by atoms with E-state index in [2.05, 4.69) is 17.2 Å². The fourth-order valence-electron chi connectivity index (χ4n) is 6.98. The third-order valence-electron chi connectivity index (χ3n) is 9.38. The van der Waals surface area contributed by atoms with Gasteiger partial charge in [-0.15, -0.1) is 6.58 Å². The van der Waals surface area contributed by atoms with Crippen LogP contribution >= 0.6 is 69.6 Å². The zero-order valence-corrected chi connectivity index (χ0v) is 41.7. The predicted octanol–water partition coefficient (Wildman–Crippen LogP) is 0.961. The first kappa shape index (κ1) is 58.8. The van der Waals surface area contributed by atoms with Gasteiger partial charge in [-0.1, -0.05) is 75.7 Å². The first-order valence-electron chi connectivity index (χ1n) is 19.9. The minimum absolute atomic E-state index is 0.711. The molecule has 0 aromatic carbocycles. The second-order valence-electron chi connectivity index (χ2n) is 15.3. The molecule has 4 N–H and O–H groups in total. The summed E-state index contributed by atoms with van der Waals surface area (Å²) >= 11 is 35.6. The van der Waals surface area contributed by atoms with Gasteiger partial charge < -0.3 is 73.2 Å². The Morgan fingerprint density at radius 2 is 0.985 bits per heavy atom. The molecule has 0 bridgehead atoms. The Labute approximate surface area is 418 Å². The van der Waals surface area contributed by atoms with Crippen LogP contribution < -0.4 is 16.4 Å². The van der Waals surface area contributed by atoms with Crippen molar-refractivity contribution in [1.82, 2.24) is 10.6 Å². The molecule has 3 heterocycles. The lowest BCUT2D eigenvalue weighted by molar-refractivity contribution is -0.322. The van der Waals surface area contributed by atoms with E-state index in [-0.39, 0.29) is 0 Å². The van der Waals surface area contributed by atoms with Crippen LogP contribution in [0.4, 0.5) is 0 Å². The molecular weight excluding hydrogens is 1050 g/mol. The number of ether oxygens (including phenoxy) is 12. The fourth-order valence-corrected chi connectivity index (χ4v) is 7.31. The summed E-state index contributed by atoms with van der Waals surface area (Å²) in [6.07, 6.45) is -20.5. The number of esters is 6. The Morgan fingerprint density at radius 3 is 1.31 bits per heavy atom. The van der Waals surface area contributed by atoms with E-state index in [1.807, 2.05) is 0 Å². The van der Waals surface area contributed by atoms with Crippen molar-refractivity contribution in [3.63, 3.8) is 0 Å². The summed E-state index contributed by atoms with van der Waals surface area (Å²) in [5, 5.41) is 4.64. The van der Waals surface area contributed by atoms with Gasteiger partial charge in [0, 0.05) is 41.5 Å². The van der Waals surface area contributed by atoms with E-state index in [0.29, 0.717) is 0 Å². The maximum atomic E-state index is 13.4. The molecule has 3 aliphatic rings. The number of hydrogen-bond donors (Lipinski definition) is 3. The van der Waals surface area contributed by atoms with Gasteiger partial charge in [-0.05, 0) is 13.8 Å². The van der Waals surface area contributed by atoms with Gasteiger partial charge in [-0.2, -0.15) is 0 Å². The average Bonchev–Trinajstić information content (AvgIpc) is 3.52. The molecule has 0 aromatic heterocycles. The Hall–Kier alpha value is -3.53. The van der Waals surface area contributed by atoms with E-state index in [9.17, 15) is 43.2 Å². The van der Waals surface area contributed by atoms with Gasteiger partial charge in [-0.3, -0.25) is 43.2 Å². The highest BCUT2D eigenvalue weighted by atomic mass is 35.6. The second kappa shape index (κ2) is 24.5. The standard InChI is InChI=1S/C38H49Cl6N3O21/c1-10-19(63-32-22(46-34(55)37(39,40)41)27(61-17(6)52)25(59-15(4)50)20(64-32)11-57-13(2)48)24(29-30(31(45)54)68-36(8,9)67-29)66-33-23(47-35(56)38(42,43)44)28(62-18(7)53)26(60-16(5)51)21(65-33)12-58-14(3)49/h10,19-30,32-33H,1,11-12H2,2-9H3,(H2,45,54)(H,46,55)(H,47,56)/t19-,20+,21+,22+,23+,24+,25+,26+,27+,28+,29+,30-,32+,33-/m0/s1. The lowest BCUT2D eigenvalue weighted by atomic mass is 9.94. The molecule has 0 aromatic rings. The highest BCUT2D eigenvalue weighted by Crippen LogP contribution is 2.39. The molecule has 0 radical (unpaired) electrons. The SMILES string of the molecule is C=C[C@H](O[C@@H]1O[C@H](COC(C)=O)[C@@H](OC(C)=O)[C@H](OC(C)=O)[C@H]1NC(=O)C(Cl)(Cl)Cl)[C@@H](O[C@@H]1O[C@H](COC(C)=O)[C@@H](OC(C)=O)[C@H](OC(C)=O)[C@H]1NC(=O)C(Cl)(Cl)Cl)[C@H]1OC(C)(C)O[C@@H]1C(N)=O. The van der Waals surface area contributed by atoms with Gasteiger partial charge in [0.15, 0.2) is 48.9 Å². The van der Waals surface area contributed by atoms with Crippen LogP contribution in [0.3, 0.4) is 0 Å². The zero-order valence-electron chi connectivity index (χ0n) is 37.2. The second-order valence-corrected chi connectivity index (χ2v) is 19.9. The highest BCUT2D eigenvalue weighted by Gasteiger charge is 2.58. The molecule has 0 spiro atoms. The molecule has 30 heteroatoms. The van der Waals surface area contributed by atoms with Crippen molar-refractivity contribution in [2.24, 2.45) is 5.73 Å². The average molecular weight is 1100 g/mol. The molecular formula is C38H49Cl6N3O21. The maximum absolute atomic E-state index is 13.4. The molecule has 14 atom stereocenters. The van der Waals surface area contributed by atoms with Gasteiger partial charge in [-0.25, -0.2) is 0 Å². The smallest absolute Gasteiger partial charge is 0.303 e. The third-order valence-corrected chi connectivity index (χ3v) is 10.4. The van der Waals surface area contributed by atoms with Gasteiger partial charge >= 0.3 is 35.8 Å². The first-order valence-corrected chi connectivity index (χ1v) is 22.1. The molecule has 0 unspecified atom stereocenters. The quantitative estimate of drug-likeness (QED) is 0.0745.